The zero-order valence-corrected chi connectivity index (χ0v) is 11.4. The van der Waals surface area contributed by atoms with Crippen molar-refractivity contribution in [3.63, 3.8) is 0 Å². The van der Waals surface area contributed by atoms with Crippen molar-refractivity contribution in [3.8, 4) is 0 Å². The molecule has 6 nitrogen and oxygen atoms in total. The van der Waals surface area contributed by atoms with Crippen LogP contribution in [0, 0.1) is 6.92 Å². The van der Waals surface area contributed by atoms with E-state index >= 15 is 0 Å². The van der Waals surface area contributed by atoms with Crippen molar-refractivity contribution in [1.82, 2.24) is 25.6 Å². The van der Waals surface area contributed by atoms with Crippen LogP contribution in [0.25, 0.3) is 0 Å². The Labute approximate surface area is 114 Å². The number of fused-ring (bicyclic) bond motifs is 1. The number of nitrogens with one attached hydrogen (secondary N) is 3. The molecule has 0 bridgehead atoms. The molecule has 0 saturated carbocycles. The Hall–Kier alpha value is -1.73. The van der Waals surface area contributed by atoms with Crippen molar-refractivity contribution in [3.05, 3.63) is 33.8 Å². The van der Waals surface area contributed by atoms with Gasteiger partial charge in [-0.15, -0.1) is 11.3 Å². The lowest BCUT2D eigenvalue weighted by atomic mass is 10.0. The summed E-state index contributed by atoms with van der Waals surface area (Å²) in [6, 6.07) is -0.211. The number of H-pyrrole nitrogens is 1. The van der Waals surface area contributed by atoms with E-state index in [1.165, 1.54) is 0 Å². The van der Waals surface area contributed by atoms with E-state index in [-0.39, 0.29) is 11.9 Å². The molecule has 0 fully saturated rings. The number of nitrogens with zero attached hydrogens (tertiary/aromatic N) is 2. The summed E-state index contributed by atoms with van der Waals surface area (Å²) in [6.45, 7) is 3.15. The fourth-order valence-corrected chi connectivity index (χ4v) is 2.85. The molecule has 3 heterocycles. The normalized spacial score (nSPS) is 18.1. The van der Waals surface area contributed by atoms with Crippen LogP contribution >= 0.6 is 11.3 Å². The Morgan fingerprint density at radius 2 is 2.47 bits per heavy atom. The Balaban J connectivity index is 1.57. The quantitative estimate of drug-likeness (QED) is 0.763. The average Bonchev–Trinajstić information content (AvgIpc) is 3.03. The molecule has 19 heavy (non-hydrogen) atoms. The largest absolute Gasteiger partial charge is 0.348 e. The van der Waals surface area contributed by atoms with Gasteiger partial charge in [0.25, 0.3) is 0 Å². The van der Waals surface area contributed by atoms with Crippen LogP contribution in [0.15, 0.2) is 12.5 Å². The number of aromatic amines is 1. The van der Waals surface area contributed by atoms with Crippen LogP contribution in [0.5, 0.6) is 0 Å². The summed E-state index contributed by atoms with van der Waals surface area (Å²) in [6.07, 6.45) is 4.12. The van der Waals surface area contributed by atoms with Crippen LogP contribution in [0.3, 0.4) is 0 Å². The first-order valence-corrected chi connectivity index (χ1v) is 6.97. The van der Waals surface area contributed by atoms with Gasteiger partial charge >= 0.3 is 0 Å². The summed E-state index contributed by atoms with van der Waals surface area (Å²) in [4.78, 5) is 24.7. The molecule has 1 aliphatic heterocycles. The van der Waals surface area contributed by atoms with Crippen molar-refractivity contribution < 1.29 is 4.79 Å². The summed E-state index contributed by atoms with van der Waals surface area (Å²) in [7, 11) is 0. The summed E-state index contributed by atoms with van der Waals surface area (Å²) in [5.41, 5.74) is 2.04. The maximum absolute atomic E-state index is 12.1. The molecule has 7 heteroatoms. The standard InChI is InChI=1S/C12H15N5OS/c1-7-3-14-11(19-7)5-15-12(18)9-2-8-10(4-13-9)17-6-16-8/h3,6,9,13H,2,4-5H2,1H3,(H,15,18)(H,16,17). The summed E-state index contributed by atoms with van der Waals surface area (Å²) in [5.74, 6) is 0.00139. The molecule has 0 radical (unpaired) electrons. The second kappa shape index (κ2) is 5.10. The fourth-order valence-electron chi connectivity index (χ4n) is 2.12. The van der Waals surface area contributed by atoms with Gasteiger partial charge in [0.2, 0.25) is 5.91 Å². The van der Waals surface area contributed by atoms with Gasteiger partial charge in [-0.25, -0.2) is 9.97 Å². The second-order valence-corrected chi connectivity index (χ2v) is 5.87. The van der Waals surface area contributed by atoms with Crippen LogP contribution in [0.4, 0.5) is 0 Å². The van der Waals surface area contributed by atoms with E-state index in [2.05, 4.69) is 25.6 Å². The van der Waals surface area contributed by atoms with Gasteiger partial charge in [-0.2, -0.15) is 0 Å². The maximum Gasteiger partial charge on any atom is 0.237 e. The molecule has 100 valence electrons. The van der Waals surface area contributed by atoms with Crippen molar-refractivity contribution in [1.29, 1.82) is 0 Å². The van der Waals surface area contributed by atoms with Gasteiger partial charge in [0.1, 0.15) is 5.01 Å². The number of hydrogen-bond donors (Lipinski definition) is 3. The van der Waals surface area contributed by atoms with Crippen molar-refractivity contribution in [2.45, 2.75) is 32.5 Å². The summed E-state index contributed by atoms with van der Waals surface area (Å²) >= 11 is 1.60. The predicted molar refractivity (Wildman–Crippen MR) is 71.6 cm³/mol. The molecule has 0 aliphatic carbocycles. The number of carbonyl (C=O) groups is 1. The number of thiazole rings is 1. The van der Waals surface area contributed by atoms with E-state index in [0.29, 0.717) is 19.5 Å². The first-order valence-electron chi connectivity index (χ1n) is 6.16. The minimum atomic E-state index is -0.211. The molecule has 1 amide bonds. The van der Waals surface area contributed by atoms with Gasteiger partial charge in [-0.3, -0.25) is 10.1 Å². The number of aromatic nitrogens is 3. The van der Waals surface area contributed by atoms with E-state index < -0.39 is 0 Å². The van der Waals surface area contributed by atoms with E-state index in [4.69, 9.17) is 0 Å². The highest BCUT2D eigenvalue weighted by Crippen LogP contribution is 2.13. The van der Waals surface area contributed by atoms with Crippen LogP contribution in [-0.4, -0.2) is 26.9 Å². The molecule has 0 aromatic carbocycles. The van der Waals surface area contributed by atoms with Crippen LogP contribution in [0.2, 0.25) is 0 Å². The third kappa shape index (κ3) is 2.66. The Bertz CT molecular complexity index is 590. The van der Waals surface area contributed by atoms with Crippen molar-refractivity contribution in [2.24, 2.45) is 0 Å². The van der Waals surface area contributed by atoms with Crippen LogP contribution < -0.4 is 10.6 Å². The second-order valence-electron chi connectivity index (χ2n) is 4.55. The molecule has 3 rings (SSSR count). The van der Waals surface area contributed by atoms with Gasteiger partial charge in [0.15, 0.2) is 0 Å². The van der Waals surface area contributed by atoms with Gasteiger partial charge in [0, 0.05) is 24.0 Å². The molecule has 0 spiro atoms. The number of rotatable bonds is 3. The average molecular weight is 277 g/mol. The van der Waals surface area contributed by atoms with Crippen LogP contribution in [-0.2, 0) is 24.3 Å². The number of imidazole rings is 1. The summed E-state index contributed by atoms with van der Waals surface area (Å²) in [5, 5.41) is 7.05. The molecule has 1 atom stereocenters. The van der Waals surface area contributed by atoms with E-state index in [0.717, 1.165) is 21.3 Å². The Morgan fingerprint density at radius 3 is 3.26 bits per heavy atom. The minimum Gasteiger partial charge on any atom is -0.348 e. The third-order valence-corrected chi connectivity index (χ3v) is 4.04. The number of carbonyl (C=O) groups excluding carboxylic acids is 1. The number of hydrogen-bond acceptors (Lipinski definition) is 5. The fraction of sp³-hybridized carbons (Fsp3) is 0.417. The predicted octanol–water partition coefficient (Wildman–Crippen LogP) is 0.505. The van der Waals surface area contributed by atoms with Crippen LogP contribution in [0.1, 0.15) is 21.3 Å². The highest BCUT2D eigenvalue weighted by atomic mass is 32.1. The third-order valence-electron chi connectivity index (χ3n) is 3.13. The highest BCUT2D eigenvalue weighted by Gasteiger charge is 2.25. The molecular formula is C12H15N5OS. The molecule has 3 N–H and O–H groups in total. The number of amides is 1. The topological polar surface area (TPSA) is 82.7 Å². The molecule has 2 aromatic heterocycles. The summed E-state index contributed by atoms with van der Waals surface area (Å²) < 4.78 is 0. The molecular weight excluding hydrogens is 262 g/mol. The number of aryl methyl sites for hydroxylation is 1. The molecule has 1 unspecified atom stereocenters. The highest BCUT2D eigenvalue weighted by molar-refractivity contribution is 7.11. The van der Waals surface area contributed by atoms with Gasteiger partial charge in [0.05, 0.1) is 30.3 Å². The van der Waals surface area contributed by atoms with Crippen molar-refractivity contribution in [2.75, 3.05) is 0 Å². The van der Waals surface area contributed by atoms with Gasteiger partial charge in [-0.1, -0.05) is 0 Å². The smallest absolute Gasteiger partial charge is 0.237 e. The molecule has 2 aromatic rings. The minimum absolute atomic E-state index is 0.00139. The first-order chi connectivity index (χ1) is 9.22. The lowest BCUT2D eigenvalue weighted by Gasteiger charge is -2.21. The first kappa shape index (κ1) is 12.3. The Morgan fingerprint density at radius 1 is 1.58 bits per heavy atom. The Kier molecular flexibility index (Phi) is 3.31. The van der Waals surface area contributed by atoms with E-state index in [1.54, 1.807) is 17.7 Å². The molecule has 1 aliphatic rings. The lowest BCUT2D eigenvalue weighted by Crippen LogP contribution is -2.47. The van der Waals surface area contributed by atoms with Gasteiger partial charge < -0.3 is 10.3 Å². The lowest BCUT2D eigenvalue weighted by molar-refractivity contribution is -0.123. The maximum atomic E-state index is 12.1. The zero-order valence-electron chi connectivity index (χ0n) is 10.6. The monoisotopic (exact) mass is 277 g/mol. The molecule has 0 saturated heterocycles. The van der Waals surface area contributed by atoms with E-state index in [1.807, 2.05) is 13.1 Å². The SMILES string of the molecule is Cc1cnc(CNC(=O)C2Cc3nc[nH]c3CN2)s1. The van der Waals surface area contributed by atoms with E-state index in [9.17, 15) is 4.79 Å². The van der Waals surface area contributed by atoms with Gasteiger partial charge in [-0.05, 0) is 6.92 Å². The van der Waals surface area contributed by atoms with Crippen molar-refractivity contribution >= 4 is 17.2 Å². The zero-order chi connectivity index (χ0) is 13.2.